The van der Waals surface area contributed by atoms with Crippen LogP contribution in [0.2, 0.25) is 41.3 Å². The Hall–Kier alpha value is -1.84. The molecule has 0 bridgehead atoms. The zero-order valence-corrected chi connectivity index (χ0v) is 33.2. The van der Waals surface area contributed by atoms with Crippen LogP contribution in [0.15, 0.2) is 65.8 Å². The van der Waals surface area contributed by atoms with Gasteiger partial charge in [0.1, 0.15) is 18.3 Å². The van der Waals surface area contributed by atoms with Gasteiger partial charge in [0.05, 0.1) is 6.61 Å². The lowest BCUT2D eigenvalue weighted by molar-refractivity contribution is -0.321. The number of aliphatic hydroxyl groups is 2. The van der Waals surface area contributed by atoms with Crippen molar-refractivity contribution in [1.82, 2.24) is 0 Å². The van der Waals surface area contributed by atoms with Crippen molar-refractivity contribution in [3.8, 4) is 0 Å². The van der Waals surface area contributed by atoms with Crippen LogP contribution in [-0.2, 0) is 18.0 Å². The van der Waals surface area contributed by atoms with Crippen molar-refractivity contribution in [1.29, 1.82) is 0 Å². The Balaban J connectivity index is 2.24. The summed E-state index contributed by atoms with van der Waals surface area (Å²) in [5, 5.41) is 28.5. The van der Waals surface area contributed by atoms with Crippen molar-refractivity contribution < 1.29 is 28.2 Å². The summed E-state index contributed by atoms with van der Waals surface area (Å²) < 4.78 is 27.4. The number of benzene rings is 2. The minimum Gasteiger partial charge on any atom is -0.408 e. The van der Waals surface area contributed by atoms with E-state index in [2.05, 4.69) is 123 Å². The van der Waals surface area contributed by atoms with Crippen molar-refractivity contribution >= 4 is 35.3 Å². The third-order valence-corrected chi connectivity index (χ3v) is 24.2. The fourth-order valence-electron chi connectivity index (χ4n) is 5.50. The normalized spacial score (nSPS) is 25.2. The molecule has 1 unspecified atom stereocenters. The number of nitrogens with zero attached hydrogens (tertiary/aromatic N) is 3. The van der Waals surface area contributed by atoms with Gasteiger partial charge >= 0.3 is 0 Å². The number of ether oxygens (including phenoxy) is 1. The largest absolute Gasteiger partial charge is 0.408 e. The molecule has 0 saturated carbocycles. The Morgan fingerprint density at radius 3 is 1.61 bits per heavy atom. The second-order valence-corrected chi connectivity index (χ2v) is 30.4. The first-order valence-electron chi connectivity index (χ1n) is 16.2. The minimum absolute atomic E-state index is 0.0489. The maximum absolute atomic E-state index is 11.9. The Morgan fingerprint density at radius 1 is 0.783 bits per heavy atom. The van der Waals surface area contributed by atoms with Crippen molar-refractivity contribution in [2.75, 3.05) is 6.61 Å². The first-order chi connectivity index (χ1) is 20.9. The van der Waals surface area contributed by atoms with E-state index in [1.165, 1.54) is 0 Å². The molecule has 1 saturated heterocycles. The SMILES string of the molecule is CC(C)(C)[Si](C)(C)O[C@H]1[C@@H](CO[Si](c2ccccc2)(c2ccccc2)C(C)(C)C)OC(O)[C@@](O)(N=[N+]=[N-])[C@H]1O[Si](C)(C)C(C)(C)C. The van der Waals surface area contributed by atoms with E-state index in [0.29, 0.717) is 0 Å². The van der Waals surface area contributed by atoms with Crippen LogP contribution >= 0.6 is 0 Å². The average Bonchev–Trinajstić information content (AvgIpc) is 2.93. The van der Waals surface area contributed by atoms with Gasteiger partial charge in [-0.25, -0.2) is 0 Å². The molecule has 256 valence electrons. The van der Waals surface area contributed by atoms with Gasteiger partial charge in [0, 0.05) is 4.91 Å². The first kappa shape index (κ1) is 38.6. The third-order valence-electron chi connectivity index (χ3n) is 10.3. The fourth-order valence-corrected chi connectivity index (χ4v) is 12.7. The van der Waals surface area contributed by atoms with Crippen LogP contribution in [0.3, 0.4) is 0 Å². The van der Waals surface area contributed by atoms with Crippen LogP contribution in [0.1, 0.15) is 62.3 Å². The van der Waals surface area contributed by atoms with Gasteiger partial charge in [-0.05, 0) is 57.2 Å². The maximum Gasteiger partial charge on any atom is 0.261 e. The Morgan fingerprint density at radius 2 is 1.22 bits per heavy atom. The third kappa shape index (κ3) is 7.57. The van der Waals surface area contributed by atoms with E-state index in [-0.39, 0.29) is 21.7 Å². The first-order valence-corrected chi connectivity index (χ1v) is 23.9. The number of hydrogen-bond donors (Lipinski definition) is 2. The second kappa shape index (κ2) is 13.6. The van der Waals surface area contributed by atoms with Gasteiger partial charge in [0.25, 0.3) is 8.32 Å². The van der Waals surface area contributed by atoms with E-state index in [0.717, 1.165) is 10.4 Å². The van der Waals surface area contributed by atoms with E-state index >= 15 is 0 Å². The van der Waals surface area contributed by atoms with Crippen LogP contribution in [0.4, 0.5) is 0 Å². The summed E-state index contributed by atoms with van der Waals surface area (Å²) in [5.41, 5.74) is 7.15. The zero-order valence-electron chi connectivity index (χ0n) is 30.2. The highest BCUT2D eigenvalue weighted by molar-refractivity contribution is 6.99. The lowest BCUT2D eigenvalue weighted by Gasteiger charge is -2.54. The van der Waals surface area contributed by atoms with Crippen molar-refractivity contribution in [3.05, 3.63) is 71.1 Å². The highest BCUT2D eigenvalue weighted by Gasteiger charge is 2.61. The van der Waals surface area contributed by atoms with E-state index < -0.39 is 55.3 Å². The van der Waals surface area contributed by atoms with Crippen LogP contribution in [0.25, 0.3) is 10.4 Å². The molecule has 1 fully saturated rings. The van der Waals surface area contributed by atoms with Crippen molar-refractivity contribution in [2.24, 2.45) is 5.11 Å². The van der Waals surface area contributed by atoms with E-state index in [9.17, 15) is 15.7 Å². The molecular formula is C34H57N3O6Si3. The summed E-state index contributed by atoms with van der Waals surface area (Å²) >= 11 is 0. The van der Waals surface area contributed by atoms with E-state index in [4.69, 9.17) is 18.0 Å². The Labute approximate surface area is 279 Å². The number of rotatable bonds is 10. The lowest BCUT2D eigenvalue weighted by atomic mass is 9.94. The van der Waals surface area contributed by atoms with Crippen LogP contribution in [0, 0.1) is 0 Å². The van der Waals surface area contributed by atoms with Gasteiger partial charge in [-0.1, -0.05) is 128 Å². The molecule has 2 N–H and O–H groups in total. The summed E-state index contributed by atoms with van der Waals surface area (Å²) in [6, 6.07) is 20.6. The smallest absolute Gasteiger partial charge is 0.261 e. The molecule has 1 heterocycles. The monoisotopic (exact) mass is 687 g/mol. The molecule has 2 aromatic carbocycles. The molecule has 46 heavy (non-hydrogen) atoms. The molecule has 12 heteroatoms. The summed E-state index contributed by atoms with van der Waals surface area (Å²) in [7, 11) is -8.21. The van der Waals surface area contributed by atoms with E-state index in [1.54, 1.807) is 0 Å². The fraction of sp³-hybridized carbons (Fsp3) is 0.647. The summed E-state index contributed by atoms with van der Waals surface area (Å²) in [5.74, 6) is 0. The molecule has 0 spiro atoms. The minimum atomic E-state index is -3.01. The molecule has 0 amide bonds. The highest BCUT2D eigenvalue weighted by Crippen LogP contribution is 2.46. The lowest BCUT2D eigenvalue weighted by Crippen LogP contribution is -2.72. The van der Waals surface area contributed by atoms with E-state index in [1.807, 2.05) is 36.4 Å². The summed E-state index contributed by atoms with van der Waals surface area (Å²) in [6.45, 7) is 27.7. The van der Waals surface area contributed by atoms with Crippen molar-refractivity contribution in [2.45, 2.75) is 134 Å². The van der Waals surface area contributed by atoms with Gasteiger partial charge in [0.15, 0.2) is 22.9 Å². The topological polar surface area (TPSA) is 126 Å². The number of azide groups is 1. The van der Waals surface area contributed by atoms with Gasteiger partial charge < -0.3 is 28.2 Å². The Kier molecular flexibility index (Phi) is 11.4. The molecule has 1 aliphatic rings. The second-order valence-electron chi connectivity index (χ2n) is 16.6. The van der Waals surface area contributed by atoms with Gasteiger partial charge in [-0.15, -0.1) is 0 Å². The van der Waals surface area contributed by atoms with Gasteiger partial charge in [-0.3, -0.25) is 0 Å². The average molecular weight is 688 g/mol. The predicted molar refractivity (Wildman–Crippen MR) is 193 cm³/mol. The van der Waals surface area contributed by atoms with Crippen LogP contribution in [-0.4, -0.2) is 72.1 Å². The molecule has 0 aromatic heterocycles. The summed E-state index contributed by atoms with van der Waals surface area (Å²) in [4.78, 5) is 2.93. The van der Waals surface area contributed by atoms with Crippen molar-refractivity contribution in [3.63, 3.8) is 0 Å². The molecule has 0 aliphatic carbocycles. The molecule has 5 atom stereocenters. The standard InChI is InChI=1S/C34H57N3O6Si3/c1-31(2,3)44(10,11)42-28-27(41-30(38)34(39,36-37-35)29(28)43-45(12,13)32(4,5)6)24-40-46(33(7,8)9,25-20-16-14-17-21-25)26-22-18-15-19-23-26/h14-23,27-30,38-39H,24H2,1-13H3/t27-,28+,29+,30?,34-/m1/s1. The van der Waals surface area contributed by atoms with Crippen LogP contribution < -0.4 is 10.4 Å². The van der Waals surface area contributed by atoms with Gasteiger partial charge in [-0.2, -0.15) is 0 Å². The van der Waals surface area contributed by atoms with Gasteiger partial charge in [0.2, 0.25) is 5.72 Å². The number of hydrogen-bond acceptors (Lipinski definition) is 7. The maximum atomic E-state index is 11.9. The number of aliphatic hydroxyl groups excluding tert-OH is 1. The molecule has 9 nitrogen and oxygen atoms in total. The molecule has 2 aromatic rings. The zero-order chi connectivity index (χ0) is 35.0. The quantitative estimate of drug-likeness (QED) is 0.119. The molecular weight excluding hydrogens is 631 g/mol. The molecule has 3 rings (SSSR count). The van der Waals surface area contributed by atoms with Crippen LogP contribution in [0.5, 0.6) is 0 Å². The Bertz CT molecular complexity index is 1310. The molecule has 1 aliphatic heterocycles. The molecule has 0 radical (unpaired) electrons. The highest BCUT2D eigenvalue weighted by atomic mass is 28.4. The summed E-state index contributed by atoms with van der Waals surface area (Å²) in [6.07, 6.45) is -4.85. The predicted octanol–water partition coefficient (Wildman–Crippen LogP) is 7.06.